The summed E-state index contributed by atoms with van der Waals surface area (Å²) in [7, 11) is 0. The minimum absolute atomic E-state index is 0.00447. The normalized spacial score (nSPS) is 15.7. The van der Waals surface area contributed by atoms with Gasteiger partial charge in [-0.15, -0.1) is 0 Å². The Morgan fingerprint density at radius 2 is 1.96 bits per heavy atom. The maximum absolute atomic E-state index is 9.71. The summed E-state index contributed by atoms with van der Waals surface area (Å²) in [6.45, 7) is 12.1. The molecule has 0 aliphatic carbocycles. The van der Waals surface area contributed by atoms with Crippen LogP contribution in [0.4, 0.5) is 5.69 Å². The van der Waals surface area contributed by atoms with E-state index in [-0.39, 0.29) is 5.54 Å². The lowest BCUT2D eigenvalue weighted by atomic mass is 9.86. The summed E-state index contributed by atoms with van der Waals surface area (Å²) in [6, 6.07) is 14.3. The Morgan fingerprint density at radius 1 is 1.21 bits per heavy atom. The van der Waals surface area contributed by atoms with Gasteiger partial charge in [-0.2, -0.15) is 5.26 Å². The number of rotatable bonds is 4. The van der Waals surface area contributed by atoms with Crippen LogP contribution in [0.25, 0.3) is 17.2 Å². The summed E-state index contributed by atoms with van der Waals surface area (Å²) in [5.41, 5.74) is 7.50. The van der Waals surface area contributed by atoms with Gasteiger partial charge in [-0.05, 0) is 86.7 Å². The molecule has 1 aliphatic heterocycles. The van der Waals surface area contributed by atoms with Crippen LogP contribution in [0.5, 0.6) is 0 Å². The second-order valence-corrected chi connectivity index (χ2v) is 8.48. The number of aryl methyl sites for hydroxylation is 1. The fourth-order valence-corrected chi connectivity index (χ4v) is 4.21. The number of hydrogen-bond acceptors (Lipinski definition) is 2. The lowest BCUT2D eigenvalue weighted by molar-refractivity contribution is 0.550. The molecule has 1 heterocycles. The van der Waals surface area contributed by atoms with Crippen molar-refractivity contribution in [1.82, 2.24) is 0 Å². The van der Waals surface area contributed by atoms with Crippen molar-refractivity contribution in [3.05, 3.63) is 69.8 Å². The Bertz CT molecular complexity index is 1010. The van der Waals surface area contributed by atoms with E-state index in [1.54, 1.807) is 0 Å². The van der Waals surface area contributed by atoms with Gasteiger partial charge in [-0.25, -0.2) is 0 Å². The van der Waals surface area contributed by atoms with Crippen LogP contribution in [-0.2, 0) is 0 Å². The molecule has 144 valence electrons. The van der Waals surface area contributed by atoms with Gasteiger partial charge < -0.3 is 4.90 Å². The van der Waals surface area contributed by atoms with Crippen molar-refractivity contribution in [1.29, 1.82) is 5.26 Å². The Labute approximate surface area is 173 Å². The zero-order chi connectivity index (χ0) is 20.5. The quantitative estimate of drug-likeness (QED) is 0.410. The predicted molar refractivity (Wildman–Crippen MR) is 121 cm³/mol. The molecule has 1 aliphatic rings. The van der Waals surface area contributed by atoms with Gasteiger partial charge in [0.25, 0.3) is 0 Å². The number of nitrogens with zero attached hydrogens (tertiary/aromatic N) is 2. The monoisotopic (exact) mass is 390 g/mol. The molecule has 0 saturated heterocycles. The minimum Gasteiger partial charge on any atom is -0.362 e. The summed E-state index contributed by atoms with van der Waals surface area (Å²) in [5, 5.41) is 10.3. The van der Waals surface area contributed by atoms with Crippen LogP contribution in [0.3, 0.4) is 0 Å². The number of benzene rings is 2. The van der Waals surface area contributed by atoms with Crippen molar-refractivity contribution in [2.75, 3.05) is 11.4 Å². The lowest BCUT2D eigenvalue weighted by Gasteiger charge is -2.43. The van der Waals surface area contributed by atoms with Crippen LogP contribution in [-0.4, -0.2) is 12.1 Å². The predicted octanol–water partition coefficient (Wildman–Crippen LogP) is 7.12. The minimum atomic E-state index is -0.00447. The van der Waals surface area contributed by atoms with E-state index >= 15 is 0 Å². The van der Waals surface area contributed by atoms with Gasteiger partial charge in [-0.3, -0.25) is 0 Å². The van der Waals surface area contributed by atoms with Gasteiger partial charge in [0.05, 0.1) is 17.2 Å². The molecule has 0 saturated carbocycles. The number of fused-ring (bicyclic) bond motifs is 1. The maximum atomic E-state index is 9.71. The van der Waals surface area contributed by atoms with Crippen molar-refractivity contribution >= 4 is 34.5 Å². The van der Waals surface area contributed by atoms with Gasteiger partial charge >= 0.3 is 0 Å². The van der Waals surface area contributed by atoms with Gasteiger partial charge in [0.1, 0.15) is 0 Å². The maximum Gasteiger partial charge on any atom is 0.0998 e. The SMILES string of the molecule is CCCN1c2cc(C)c(/C=C(\C#N)c3cccc(Cl)c3)cc2C(C)=CC1(C)C. The number of halogens is 1. The number of anilines is 1. The number of allylic oxidation sites excluding steroid dienone is 2. The summed E-state index contributed by atoms with van der Waals surface area (Å²) in [4.78, 5) is 2.48. The lowest BCUT2D eigenvalue weighted by Crippen LogP contribution is -2.45. The van der Waals surface area contributed by atoms with E-state index in [1.165, 1.54) is 22.4 Å². The van der Waals surface area contributed by atoms with Gasteiger partial charge in [-0.1, -0.05) is 36.7 Å². The second kappa shape index (κ2) is 7.86. The van der Waals surface area contributed by atoms with Crippen molar-refractivity contribution < 1.29 is 0 Å². The van der Waals surface area contributed by atoms with Gasteiger partial charge in [0.2, 0.25) is 0 Å². The van der Waals surface area contributed by atoms with E-state index in [0.717, 1.165) is 24.1 Å². The average Bonchev–Trinajstić information content (AvgIpc) is 2.63. The average molecular weight is 391 g/mol. The summed E-state index contributed by atoms with van der Waals surface area (Å²) in [6.07, 6.45) is 5.41. The van der Waals surface area contributed by atoms with Crippen molar-refractivity contribution in [3.8, 4) is 6.07 Å². The first-order valence-electron chi connectivity index (χ1n) is 9.76. The zero-order valence-corrected chi connectivity index (χ0v) is 18.1. The Hall–Kier alpha value is -2.50. The van der Waals surface area contributed by atoms with E-state index in [9.17, 15) is 5.26 Å². The molecule has 2 aromatic rings. The highest BCUT2D eigenvalue weighted by Gasteiger charge is 2.31. The molecule has 0 spiro atoms. The van der Waals surface area contributed by atoms with Crippen LogP contribution in [0, 0.1) is 18.3 Å². The molecule has 0 aromatic heterocycles. The Kier molecular flexibility index (Phi) is 5.68. The highest BCUT2D eigenvalue weighted by Crippen LogP contribution is 2.41. The molecule has 0 bridgehead atoms. The van der Waals surface area contributed by atoms with Crippen LogP contribution in [0.1, 0.15) is 56.4 Å². The molecule has 3 heteroatoms. The molecular formula is C25H27ClN2. The van der Waals surface area contributed by atoms with Gasteiger partial charge in [0, 0.05) is 22.8 Å². The third kappa shape index (κ3) is 3.86. The molecular weight excluding hydrogens is 364 g/mol. The molecule has 3 rings (SSSR count). The summed E-state index contributed by atoms with van der Waals surface area (Å²) in [5.74, 6) is 0. The van der Waals surface area contributed by atoms with Gasteiger partial charge in [0.15, 0.2) is 0 Å². The van der Waals surface area contributed by atoms with Crippen LogP contribution in [0.15, 0.2) is 42.5 Å². The topological polar surface area (TPSA) is 27.0 Å². The smallest absolute Gasteiger partial charge is 0.0998 e. The van der Waals surface area contributed by atoms with Crippen molar-refractivity contribution in [3.63, 3.8) is 0 Å². The fourth-order valence-electron chi connectivity index (χ4n) is 4.02. The highest BCUT2D eigenvalue weighted by atomic mass is 35.5. The molecule has 0 amide bonds. The van der Waals surface area contributed by atoms with E-state index in [1.807, 2.05) is 30.3 Å². The standard InChI is InChI=1S/C25H27ClN2/c1-6-10-28-24-11-17(2)20(14-23(24)18(3)15-25(28,4)5)12-21(16-27)19-8-7-9-22(26)13-19/h7-9,11-15H,6,10H2,1-5H3/b21-12+. The molecule has 0 atom stereocenters. The molecule has 2 aromatic carbocycles. The molecule has 0 fully saturated rings. The van der Waals surface area contributed by atoms with Crippen molar-refractivity contribution in [2.45, 2.75) is 46.6 Å². The highest BCUT2D eigenvalue weighted by molar-refractivity contribution is 6.30. The van der Waals surface area contributed by atoms with Crippen molar-refractivity contribution in [2.24, 2.45) is 0 Å². The van der Waals surface area contributed by atoms with Crippen LogP contribution >= 0.6 is 11.6 Å². The number of hydrogen-bond donors (Lipinski definition) is 0. The van der Waals surface area contributed by atoms with E-state index in [0.29, 0.717) is 10.6 Å². The first kappa shape index (κ1) is 20.2. The third-order valence-electron chi connectivity index (χ3n) is 5.37. The fraction of sp³-hybridized carbons (Fsp3) is 0.320. The van der Waals surface area contributed by atoms with E-state index in [4.69, 9.17) is 11.6 Å². The first-order valence-corrected chi connectivity index (χ1v) is 10.1. The summed E-state index contributed by atoms with van der Waals surface area (Å²) < 4.78 is 0. The molecule has 28 heavy (non-hydrogen) atoms. The van der Waals surface area contributed by atoms with E-state index < -0.39 is 0 Å². The zero-order valence-electron chi connectivity index (χ0n) is 17.3. The number of nitriles is 1. The Morgan fingerprint density at radius 3 is 2.61 bits per heavy atom. The van der Waals surface area contributed by atoms with Crippen LogP contribution in [0.2, 0.25) is 5.02 Å². The molecule has 0 N–H and O–H groups in total. The Balaban J connectivity index is 2.13. The second-order valence-electron chi connectivity index (χ2n) is 8.04. The first-order chi connectivity index (χ1) is 13.3. The largest absolute Gasteiger partial charge is 0.362 e. The summed E-state index contributed by atoms with van der Waals surface area (Å²) >= 11 is 6.12. The molecule has 2 nitrogen and oxygen atoms in total. The van der Waals surface area contributed by atoms with Crippen LogP contribution < -0.4 is 4.90 Å². The third-order valence-corrected chi connectivity index (χ3v) is 5.60. The molecule has 0 radical (unpaired) electrons. The van der Waals surface area contributed by atoms with E-state index in [2.05, 4.69) is 63.8 Å². The molecule has 0 unspecified atom stereocenters.